The van der Waals surface area contributed by atoms with E-state index in [0.717, 1.165) is 39.1 Å². The normalized spacial score (nSPS) is 14.2. The highest BCUT2D eigenvalue weighted by atomic mass is 32.1. The van der Waals surface area contributed by atoms with Crippen molar-refractivity contribution in [3.05, 3.63) is 181 Å². The standard InChI is InChI=1S/C50H32N4S/c1-3-13-32(14-4-1)45-29-42-49(55-45)48(33-15-5-2-6-16-33)53-50(52-42)54-43-25-22-35(28-39(43)47-37-18-10-8-12-31(37)21-26-44(47)54)34-20-23-40-38(27-34)46-36-17-9-7-11-30(36)19-24-41(46)51-40/h1-27,29,35,51H,28H2. The van der Waals surface area contributed by atoms with Gasteiger partial charge in [0.1, 0.15) is 0 Å². The predicted octanol–water partition coefficient (Wildman–Crippen LogP) is 13.3. The van der Waals surface area contributed by atoms with E-state index in [2.05, 4.69) is 179 Å². The fraction of sp³-hybridized carbons (Fsp3) is 0.0400. The minimum atomic E-state index is 0.212. The Morgan fingerprint density at radius 3 is 2.09 bits per heavy atom. The Morgan fingerprint density at radius 2 is 1.29 bits per heavy atom. The second-order valence-corrected chi connectivity index (χ2v) is 15.7. The van der Waals surface area contributed by atoms with E-state index in [1.807, 2.05) is 0 Å². The predicted molar refractivity (Wildman–Crippen MR) is 231 cm³/mol. The highest BCUT2D eigenvalue weighted by Crippen LogP contribution is 2.44. The van der Waals surface area contributed by atoms with Gasteiger partial charge in [0.15, 0.2) is 0 Å². The molecule has 4 aromatic heterocycles. The van der Waals surface area contributed by atoms with Crippen LogP contribution in [-0.4, -0.2) is 19.5 Å². The number of aromatic nitrogens is 4. The van der Waals surface area contributed by atoms with Gasteiger partial charge in [0.05, 0.1) is 27.1 Å². The van der Waals surface area contributed by atoms with Gasteiger partial charge in [-0.1, -0.05) is 133 Å². The molecule has 0 bridgehead atoms. The number of nitrogens with one attached hydrogen (secondary N) is 1. The second kappa shape index (κ2) is 11.8. The summed E-state index contributed by atoms with van der Waals surface area (Å²) in [6.45, 7) is 0. The maximum absolute atomic E-state index is 5.44. The molecule has 1 N–H and O–H groups in total. The van der Waals surface area contributed by atoms with Crippen LogP contribution in [0, 0.1) is 0 Å². The number of benzene rings is 7. The van der Waals surface area contributed by atoms with Crippen molar-refractivity contribution in [3.63, 3.8) is 0 Å². The van der Waals surface area contributed by atoms with Crippen LogP contribution in [0.1, 0.15) is 22.7 Å². The molecule has 0 spiro atoms. The first-order valence-electron chi connectivity index (χ1n) is 18.8. The van der Waals surface area contributed by atoms with Crippen LogP contribution < -0.4 is 0 Å². The Morgan fingerprint density at radius 1 is 0.600 bits per heavy atom. The summed E-state index contributed by atoms with van der Waals surface area (Å²) < 4.78 is 3.41. The lowest BCUT2D eigenvalue weighted by molar-refractivity contribution is 0.822. The molecule has 1 aliphatic rings. The quantitative estimate of drug-likeness (QED) is 0.197. The number of fused-ring (bicyclic) bond motifs is 11. The Bertz CT molecular complexity index is 3350. The van der Waals surface area contributed by atoms with Crippen molar-refractivity contribution in [3.8, 4) is 27.6 Å². The number of hydrogen-bond acceptors (Lipinski definition) is 3. The van der Waals surface area contributed by atoms with Crippen LogP contribution in [0.15, 0.2) is 164 Å². The van der Waals surface area contributed by atoms with Crippen molar-refractivity contribution < 1.29 is 0 Å². The lowest BCUT2D eigenvalue weighted by Gasteiger charge is -2.19. The van der Waals surface area contributed by atoms with E-state index in [-0.39, 0.29) is 5.92 Å². The molecule has 0 radical (unpaired) electrons. The Labute approximate surface area is 320 Å². The van der Waals surface area contributed by atoms with Gasteiger partial charge in [-0.25, -0.2) is 9.97 Å². The lowest BCUT2D eigenvalue weighted by Crippen LogP contribution is -2.09. The summed E-state index contributed by atoms with van der Waals surface area (Å²) in [5.41, 5.74) is 11.5. The third kappa shape index (κ3) is 4.70. The SMILES string of the molecule is C1=CC(c2ccc3[nH]c4ccc5ccccc5c4c3c2)Cc2c1n(-c1nc(-c3ccccc3)c3sc(-c4ccccc4)cc3n1)c1ccc3ccccc3c21. The van der Waals surface area contributed by atoms with Gasteiger partial charge in [0.25, 0.3) is 0 Å². The number of thiophene rings is 1. The van der Waals surface area contributed by atoms with Gasteiger partial charge in [-0.05, 0) is 81.1 Å². The first kappa shape index (κ1) is 30.6. The molecular weight excluding hydrogens is 689 g/mol. The highest BCUT2D eigenvalue weighted by Gasteiger charge is 2.27. The maximum Gasteiger partial charge on any atom is 0.235 e. The van der Waals surface area contributed by atoms with Crippen LogP contribution in [-0.2, 0) is 6.42 Å². The maximum atomic E-state index is 5.44. The third-order valence-electron chi connectivity index (χ3n) is 11.5. The zero-order chi connectivity index (χ0) is 36.0. The second-order valence-electron chi connectivity index (χ2n) is 14.6. The molecule has 11 aromatic rings. The molecule has 5 heteroatoms. The summed E-state index contributed by atoms with van der Waals surface area (Å²) in [5, 5.41) is 8.89. The van der Waals surface area contributed by atoms with Gasteiger partial charge in [-0.3, -0.25) is 4.57 Å². The first-order valence-corrected chi connectivity index (χ1v) is 19.7. The molecule has 0 aliphatic heterocycles. The third-order valence-corrected chi connectivity index (χ3v) is 12.7. The summed E-state index contributed by atoms with van der Waals surface area (Å²) in [5.74, 6) is 0.906. The minimum Gasteiger partial charge on any atom is -0.354 e. The zero-order valence-electron chi connectivity index (χ0n) is 29.7. The van der Waals surface area contributed by atoms with E-state index in [1.54, 1.807) is 11.3 Å². The molecule has 7 aromatic carbocycles. The molecule has 0 saturated carbocycles. The van der Waals surface area contributed by atoms with Crippen LogP contribution in [0.4, 0.5) is 0 Å². The average molecular weight is 721 g/mol. The van der Waals surface area contributed by atoms with Crippen LogP contribution in [0.5, 0.6) is 0 Å². The van der Waals surface area contributed by atoms with E-state index in [0.29, 0.717) is 5.95 Å². The van der Waals surface area contributed by atoms with E-state index < -0.39 is 0 Å². The Kier molecular flexibility index (Phi) is 6.59. The van der Waals surface area contributed by atoms with Gasteiger partial charge in [-0.15, -0.1) is 11.3 Å². The van der Waals surface area contributed by atoms with Crippen molar-refractivity contribution in [1.82, 2.24) is 19.5 Å². The summed E-state index contributed by atoms with van der Waals surface area (Å²) in [4.78, 5) is 15.7. The smallest absolute Gasteiger partial charge is 0.235 e. The Hall–Kier alpha value is -6.82. The van der Waals surface area contributed by atoms with Gasteiger partial charge in [0, 0.05) is 43.6 Å². The molecule has 0 amide bonds. The van der Waals surface area contributed by atoms with E-state index in [9.17, 15) is 0 Å². The van der Waals surface area contributed by atoms with Crippen molar-refractivity contribution in [2.45, 2.75) is 12.3 Å². The number of rotatable bonds is 4. The van der Waals surface area contributed by atoms with Crippen molar-refractivity contribution in [2.24, 2.45) is 0 Å². The molecule has 0 fully saturated rings. The Balaban J connectivity index is 1.07. The summed E-state index contributed by atoms with van der Waals surface area (Å²) >= 11 is 1.76. The van der Waals surface area contributed by atoms with Crippen LogP contribution in [0.25, 0.3) is 98.2 Å². The highest BCUT2D eigenvalue weighted by molar-refractivity contribution is 7.22. The number of hydrogen-bond donors (Lipinski definition) is 1. The number of allylic oxidation sites excluding steroid dienone is 1. The van der Waals surface area contributed by atoms with Crippen molar-refractivity contribution in [2.75, 3.05) is 0 Å². The molecule has 0 saturated heterocycles. The van der Waals surface area contributed by atoms with Gasteiger partial charge >= 0.3 is 0 Å². The molecule has 1 unspecified atom stereocenters. The number of aromatic amines is 1. The summed E-state index contributed by atoms with van der Waals surface area (Å²) in [7, 11) is 0. The molecule has 258 valence electrons. The summed E-state index contributed by atoms with van der Waals surface area (Å²) in [6.07, 6.45) is 5.59. The number of nitrogens with zero attached hydrogens (tertiary/aromatic N) is 3. The van der Waals surface area contributed by atoms with E-state index in [1.165, 1.54) is 70.3 Å². The molecule has 1 aliphatic carbocycles. The first-order chi connectivity index (χ1) is 27.2. The molecular formula is C50H32N4S. The molecule has 4 heterocycles. The van der Waals surface area contributed by atoms with Crippen molar-refractivity contribution in [1.29, 1.82) is 0 Å². The molecule has 12 rings (SSSR count). The lowest BCUT2D eigenvalue weighted by atomic mass is 9.85. The fourth-order valence-corrected chi connectivity index (χ4v) is 10.1. The topological polar surface area (TPSA) is 46.5 Å². The van der Waals surface area contributed by atoms with Crippen LogP contribution in [0.2, 0.25) is 0 Å². The monoisotopic (exact) mass is 720 g/mol. The van der Waals surface area contributed by atoms with Gasteiger partial charge in [-0.2, -0.15) is 0 Å². The van der Waals surface area contributed by atoms with Crippen molar-refractivity contribution >= 4 is 81.9 Å². The van der Waals surface area contributed by atoms with E-state index >= 15 is 0 Å². The average Bonchev–Trinajstić information content (AvgIpc) is 3.95. The summed E-state index contributed by atoms with van der Waals surface area (Å²) in [6, 6.07) is 56.8. The molecule has 4 nitrogen and oxygen atoms in total. The largest absolute Gasteiger partial charge is 0.354 e. The van der Waals surface area contributed by atoms with Crippen LogP contribution >= 0.6 is 11.3 Å². The number of H-pyrrole nitrogens is 1. The minimum absolute atomic E-state index is 0.212. The fourth-order valence-electron chi connectivity index (χ4n) is 8.95. The van der Waals surface area contributed by atoms with E-state index in [4.69, 9.17) is 9.97 Å². The van der Waals surface area contributed by atoms with Gasteiger partial charge in [0.2, 0.25) is 5.95 Å². The van der Waals surface area contributed by atoms with Crippen LogP contribution in [0.3, 0.4) is 0 Å². The molecule has 1 atom stereocenters. The van der Waals surface area contributed by atoms with Gasteiger partial charge < -0.3 is 4.98 Å². The zero-order valence-corrected chi connectivity index (χ0v) is 30.5. The molecule has 55 heavy (non-hydrogen) atoms.